The summed E-state index contributed by atoms with van der Waals surface area (Å²) in [5.74, 6) is 1.01. The third kappa shape index (κ3) is 3.97. The van der Waals surface area contributed by atoms with E-state index in [0.717, 1.165) is 24.2 Å². The number of aromatic nitrogens is 2. The maximum Gasteiger partial charge on any atom is 0.354 e. The maximum atomic E-state index is 13.0. The number of hydrogen-bond acceptors (Lipinski definition) is 5. The molecule has 150 valence electrons. The molecule has 0 aromatic carbocycles. The molecule has 6 heteroatoms. The van der Waals surface area contributed by atoms with Crippen molar-refractivity contribution in [2.75, 3.05) is 13.2 Å². The largest absolute Gasteiger partial charge is 0.461 e. The van der Waals surface area contributed by atoms with Gasteiger partial charge in [0.15, 0.2) is 5.78 Å². The molecule has 2 aliphatic rings. The van der Waals surface area contributed by atoms with E-state index in [1.807, 2.05) is 12.1 Å². The summed E-state index contributed by atoms with van der Waals surface area (Å²) in [5, 5.41) is 3.45. The van der Waals surface area contributed by atoms with Crippen LogP contribution in [0.5, 0.6) is 0 Å². The fourth-order valence-corrected chi connectivity index (χ4v) is 4.90. The van der Waals surface area contributed by atoms with E-state index in [9.17, 15) is 9.59 Å². The minimum Gasteiger partial charge on any atom is -0.461 e. The lowest BCUT2D eigenvalue weighted by molar-refractivity contribution is -0.121. The van der Waals surface area contributed by atoms with Crippen molar-refractivity contribution >= 4 is 22.8 Å². The highest BCUT2D eigenvalue weighted by Gasteiger charge is 2.37. The van der Waals surface area contributed by atoms with Crippen LogP contribution in [0.1, 0.15) is 61.6 Å². The number of ketones is 1. The van der Waals surface area contributed by atoms with Crippen molar-refractivity contribution in [2.45, 2.75) is 57.9 Å². The molecule has 28 heavy (non-hydrogen) atoms. The molecule has 0 unspecified atom stereocenters. The van der Waals surface area contributed by atoms with Gasteiger partial charge in [-0.1, -0.05) is 32.1 Å². The van der Waals surface area contributed by atoms with Gasteiger partial charge in [0.2, 0.25) is 0 Å². The first-order chi connectivity index (χ1) is 13.7. The normalized spacial score (nSPS) is 23.2. The Bertz CT molecular complexity index is 854. The third-order valence-corrected chi connectivity index (χ3v) is 6.26. The van der Waals surface area contributed by atoms with Gasteiger partial charge < -0.3 is 15.0 Å². The van der Waals surface area contributed by atoms with Crippen molar-refractivity contribution in [1.29, 1.82) is 0 Å². The van der Waals surface area contributed by atoms with Crippen molar-refractivity contribution in [3.8, 4) is 0 Å². The number of aromatic amines is 1. The Balaban J connectivity index is 1.46. The Labute approximate surface area is 165 Å². The lowest BCUT2D eigenvalue weighted by Crippen LogP contribution is -2.40. The first kappa shape index (κ1) is 19.1. The lowest BCUT2D eigenvalue weighted by Gasteiger charge is -2.30. The molecule has 6 nitrogen and oxygen atoms in total. The zero-order valence-corrected chi connectivity index (χ0v) is 16.5. The number of carbonyl (C=O) groups excluding carboxylic acids is 2. The Morgan fingerprint density at radius 1 is 1.18 bits per heavy atom. The van der Waals surface area contributed by atoms with E-state index >= 15 is 0 Å². The summed E-state index contributed by atoms with van der Waals surface area (Å²) in [6.45, 7) is 3.04. The summed E-state index contributed by atoms with van der Waals surface area (Å²) < 4.78 is 5.03. The standard InChI is InChI=1S/C22H29N3O3/c1-2-28-22(27)19-13-18-17(25-19)9-8-15(24-18)12-20(26)21-16(10-11-23-21)14-6-4-3-5-7-14/h8-9,13-14,16,21,23,25H,2-7,10-12H2,1H3/t16-,21-/m0/s1. The van der Waals surface area contributed by atoms with Gasteiger partial charge in [0.1, 0.15) is 5.69 Å². The molecule has 4 rings (SSSR count). The van der Waals surface area contributed by atoms with Gasteiger partial charge in [-0.2, -0.15) is 0 Å². The molecule has 0 amide bonds. The summed E-state index contributed by atoms with van der Waals surface area (Å²) in [6, 6.07) is 5.41. The molecule has 2 fully saturated rings. The van der Waals surface area contributed by atoms with Crippen molar-refractivity contribution in [2.24, 2.45) is 11.8 Å². The van der Waals surface area contributed by atoms with E-state index in [1.54, 1.807) is 13.0 Å². The number of carbonyl (C=O) groups is 2. The van der Waals surface area contributed by atoms with E-state index in [1.165, 1.54) is 32.1 Å². The van der Waals surface area contributed by atoms with Crippen LogP contribution < -0.4 is 5.32 Å². The molecule has 1 aliphatic carbocycles. The molecule has 2 N–H and O–H groups in total. The molecule has 1 aliphatic heterocycles. The zero-order chi connectivity index (χ0) is 19.5. The Kier molecular flexibility index (Phi) is 5.76. The fourth-order valence-electron chi connectivity index (χ4n) is 4.90. The van der Waals surface area contributed by atoms with Crippen LogP contribution >= 0.6 is 0 Å². The number of esters is 1. The highest BCUT2D eigenvalue weighted by atomic mass is 16.5. The number of nitrogens with one attached hydrogen (secondary N) is 2. The highest BCUT2D eigenvalue weighted by Crippen LogP contribution is 2.36. The minimum absolute atomic E-state index is 0.0399. The van der Waals surface area contributed by atoms with Gasteiger partial charge >= 0.3 is 5.97 Å². The van der Waals surface area contributed by atoms with Crippen LogP contribution in [0.4, 0.5) is 0 Å². The topological polar surface area (TPSA) is 84.1 Å². The molecule has 3 heterocycles. The average molecular weight is 383 g/mol. The van der Waals surface area contributed by atoms with Crippen molar-refractivity contribution < 1.29 is 14.3 Å². The van der Waals surface area contributed by atoms with Crippen LogP contribution in [0, 0.1) is 11.8 Å². The summed E-state index contributed by atoms with van der Waals surface area (Å²) >= 11 is 0. The SMILES string of the molecule is CCOC(=O)c1cc2nc(CC(=O)[C@H]3NCC[C@H]3C3CCCCC3)ccc2[nH]1. The number of nitrogens with zero attached hydrogens (tertiary/aromatic N) is 1. The molecular weight excluding hydrogens is 354 g/mol. The molecule has 2 atom stereocenters. The van der Waals surface area contributed by atoms with Crippen LogP contribution in [-0.2, 0) is 16.0 Å². The van der Waals surface area contributed by atoms with E-state index < -0.39 is 0 Å². The smallest absolute Gasteiger partial charge is 0.354 e. The van der Waals surface area contributed by atoms with Crippen LogP contribution in [0.15, 0.2) is 18.2 Å². The predicted octanol–water partition coefficient (Wildman–Crippen LogP) is 3.41. The van der Waals surface area contributed by atoms with E-state index in [4.69, 9.17) is 4.74 Å². The summed E-state index contributed by atoms with van der Waals surface area (Å²) in [4.78, 5) is 32.5. The molecule has 2 aromatic heterocycles. The van der Waals surface area contributed by atoms with Gasteiger partial charge in [0.05, 0.1) is 30.1 Å². The van der Waals surface area contributed by atoms with E-state index in [2.05, 4.69) is 15.3 Å². The van der Waals surface area contributed by atoms with E-state index in [0.29, 0.717) is 36.1 Å². The molecule has 0 spiro atoms. The monoisotopic (exact) mass is 383 g/mol. The zero-order valence-electron chi connectivity index (χ0n) is 16.5. The second kappa shape index (κ2) is 8.43. The second-order valence-corrected chi connectivity index (χ2v) is 8.06. The van der Waals surface area contributed by atoms with Gasteiger partial charge in [-0.05, 0) is 49.9 Å². The number of ether oxygens (including phenoxy) is 1. The van der Waals surface area contributed by atoms with E-state index in [-0.39, 0.29) is 17.8 Å². The first-order valence-electron chi connectivity index (χ1n) is 10.6. The summed E-state index contributed by atoms with van der Waals surface area (Å²) in [6.07, 6.45) is 7.91. The summed E-state index contributed by atoms with van der Waals surface area (Å²) in [5.41, 5.74) is 2.61. The van der Waals surface area contributed by atoms with Crippen LogP contribution in [0.2, 0.25) is 0 Å². The molecule has 0 bridgehead atoms. The van der Waals surface area contributed by atoms with Crippen molar-refractivity contribution in [1.82, 2.24) is 15.3 Å². The Hall–Kier alpha value is -2.21. The lowest BCUT2D eigenvalue weighted by atomic mass is 9.75. The number of rotatable bonds is 6. The van der Waals surface area contributed by atoms with Gasteiger partial charge in [-0.15, -0.1) is 0 Å². The molecule has 2 aromatic rings. The average Bonchev–Trinajstić information content (AvgIpc) is 3.36. The molecule has 1 saturated carbocycles. The molecular formula is C22H29N3O3. The number of pyridine rings is 1. The summed E-state index contributed by atoms with van der Waals surface area (Å²) in [7, 11) is 0. The number of Topliss-reactive ketones (excluding diaryl/α,β-unsaturated/α-hetero) is 1. The number of hydrogen-bond donors (Lipinski definition) is 2. The fraction of sp³-hybridized carbons (Fsp3) is 0.591. The van der Waals surface area contributed by atoms with Gasteiger partial charge in [-0.25, -0.2) is 4.79 Å². The van der Waals surface area contributed by atoms with Crippen LogP contribution in [-0.4, -0.2) is 40.9 Å². The Morgan fingerprint density at radius 3 is 2.79 bits per heavy atom. The molecule has 0 radical (unpaired) electrons. The maximum absolute atomic E-state index is 13.0. The highest BCUT2D eigenvalue weighted by molar-refractivity contribution is 5.94. The van der Waals surface area contributed by atoms with Crippen LogP contribution in [0.3, 0.4) is 0 Å². The Morgan fingerprint density at radius 2 is 2.00 bits per heavy atom. The van der Waals surface area contributed by atoms with Gasteiger partial charge in [0, 0.05) is 5.69 Å². The quantitative estimate of drug-likeness (QED) is 0.747. The predicted molar refractivity (Wildman–Crippen MR) is 107 cm³/mol. The second-order valence-electron chi connectivity index (χ2n) is 8.06. The number of fused-ring (bicyclic) bond motifs is 1. The van der Waals surface area contributed by atoms with Gasteiger partial charge in [-0.3, -0.25) is 9.78 Å². The van der Waals surface area contributed by atoms with Gasteiger partial charge in [0.25, 0.3) is 0 Å². The van der Waals surface area contributed by atoms with Crippen LogP contribution in [0.25, 0.3) is 11.0 Å². The number of H-pyrrole nitrogens is 1. The van der Waals surface area contributed by atoms with Crippen molar-refractivity contribution in [3.05, 3.63) is 29.6 Å². The molecule has 1 saturated heterocycles. The van der Waals surface area contributed by atoms with Crippen molar-refractivity contribution in [3.63, 3.8) is 0 Å². The first-order valence-corrected chi connectivity index (χ1v) is 10.6. The third-order valence-electron chi connectivity index (χ3n) is 6.26. The minimum atomic E-state index is -0.386.